The van der Waals surface area contributed by atoms with Crippen molar-refractivity contribution >= 4 is 6.03 Å². The van der Waals surface area contributed by atoms with Gasteiger partial charge in [-0.05, 0) is 32.6 Å². The number of hydrogen-bond acceptors (Lipinski definition) is 1. The van der Waals surface area contributed by atoms with E-state index in [-0.39, 0.29) is 12.1 Å². The van der Waals surface area contributed by atoms with E-state index >= 15 is 0 Å². The lowest BCUT2D eigenvalue weighted by Gasteiger charge is -2.28. The number of urea groups is 1. The average Bonchev–Trinajstić information content (AvgIpc) is 2.49. The van der Waals surface area contributed by atoms with Gasteiger partial charge in [0.05, 0.1) is 0 Å². The topological polar surface area (TPSA) is 32.3 Å². The standard InChI is InChI=1S/C11H22N2O/c1-8(2)10-6-5-7-13(10)11(14)12-9(3)4/h8-10H,5-7H2,1-4H3,(H,12,14)/t10-/m1/s1. The van der Waals surface area contributed by atoms with Crippen molar-refractivity contribution in [1.82, 2.24) is 10.2 Å². The quantitative estimate of drug-likeness (QED) is 0.725. The Bertz CT molecular complexity index is 201. The van der Waals surface area contributed by atoms with E-state index in [0.717, 1.165) is 19.4 Å². The Kier molecular flexibility index (Phi) is 3.78. The molecular formula is C11H22N2O. The summed E-state index contributed by atoms with van der Waals surface area (Å²) in [6, 6.07) is 0.779. The van der Waals surface area contributed by atoms with Crippen LogP contribution in [0, 0.1) is 5.92 Å². The number of carbonyl (C=O) groups excluding carboxylic acids is 1. The van der Waals surface area contributed by atoms with Crippen molar-refractivity contribution in [1.29, 1.82) is 0 Å². The molecule has 0 aliphatic carbocycles. The Morgan fingerprint density at radius 1 is 1.36 bits per heavy atom. The second kappa shape index (κ2) is 4.67. The summed E-state index contributed by atoms with van der Waals surface area (Å²) in [7, 11) is 0. The molecule has 14 heavy (non-hydrogen) atoms. The molecule has 1 rings (SSSR count). The van der Waals surface area contributed by atoms with E-state index in [9.17, 15) is 4.79 Å². The fourth-order valence-corrected chi connectivity index (χ4v) is 2.07. The van der Waals surface area contributed by atoms with Gasteiger partial charge in [-0.1, -0.05) is 13.8 Å². The van der Waals surface area contributed by atoms with Crippen LogP contribution >= 0.6 is 0 Å². The van der Waals surface area contributed by atoms with Gasteiger partial charge in [0, 0.05) is 18.6 Å². The minimum Gasteiger partial charge on any atom is -0.336 e. The third-order valence-electron chi connectivity index (χ3n) is 2.74. The molecule has 1 N–H and O–H groups in total. The van der Waals surface area contributed by atoms with Crippen molar-refractivity contribution < 1.29 is 4.79 Å². The largest absolute Gasteiger partial charge is 0.336 e. The lowest BCUT2D eigenvalue weighted by atomic mass is 10.0. The number of rotatable bonds is 2. The molecule has 0 aromatic heterocycles. The first kappa shape index (κ1) is 11.3. The van der Waals surface area contributed by atoms with Crippen LogP contribution in [-0.2, 0) is 0 Å². The molecule has 1 saturated heterocycles. The van der Waals surface area contributed by atoms with Crippen LogP contribution in [0.25, 0.3) is 0 Å². The molecule has 3 nitrogen and oxygen atoms in total. The van der Waals surface area contributed by atoms with E-state index in [0.29, 0.717) is 12.0 Å². The molecule has 0 bridgehead atoms. The minimum atomic E-state index is 0.108. The maximum atomic E-state index is 11.8. The molecule has 2 amide bonds. The highest BCUT2D eigenvalue weighted by molar-refractivity contribution is 5.75. The Labute approximate surface area is 86.9 Å². The second-order valence-corrected chi connectivity index (χ2v) is 4.75. The molecule has 1 atom stereocenters. The Balaban J connectivity index is 2.53. The maximum absolute atomic E-state index is 11.8. The highest BCUT2D eigenvalue weighted by atomic mass is 16.2. The van der Waals surface area contributed by atoms with Gasteiger partial charge in [0.15, 0.2) is 0 Å². The first-order valence-corrected chi connectivity index (χ1v) is 5.59. The van der Waals surface area contributed by atoms with Gasteiger partial charge in [-0.3, -0.25) is 0 Å². The van der Waals surface area contributed by atoms with Crippen LogP contribution in [0.1, 0.15) is 40.5 Å². The molecule has 1 aliphatic heterocycles. The third-order valence-corrected chi connectivity index (χ3v) is 2.74. The smallest absolute Gasteiger partial charge is 0.317 e. The monoisotopic (exact) mass is 198 g/mol. The van der Waals surface area contributed by atoms with Crippen molar-refractivity contribution in [2.75, 3.05) is 6.54 Å². The normalized spacial score (nSPS) is 22.1. The molecule has 3 heteroatoms. The first-order valence-electron chi connectivity index (χ1n) is 5.59. The first-order chi connectivity index (χ1) is 6.52. The van der Waals surface area contributed by atoms with E-state index in [1.54, 1.807) is 0 Å². The molecule has 0 radical (unpaired) electrons. The molecule has 0 saturated carbocycles. The number of hydrogen-bond donors (Lipinski definition) is 1. The van der Waals surface area contributed by atoms with E-state index in [1.807, 2.05) is 18.7 Å². The van der Waals surface area contributed by atoms with Gasteiger partial charge in [-0.15, -0.1) is 0 Å². The Morgan fingerprint density at radius 2 is 2.00 bits per heavy atom. The molecule has 0 aromatic carbocycles. The van der Waals surface area contributed by atoms with Crippen LogP contribution in [0.2, 0.25) is 0 Å². The predicted molar refractivity (Wildman–Crippen MR) is 58.2 cm³/mol. The number of carbonyl (C=O) groups is 1. The molecule has 1 aliphatic rings. The van der Waals surface area contributed by atoms with Crippen LogP contribution in [-0.4, -0.2) is 29.6 Å². The number of nitrogens with one attached hydrogen (secondary N) is 1. The summed E-state index contributed by atoms with van der Waals surface area (Å²) >= 11 is 0. The van der Waals surface area contributed by atoms with Gasteiger partial charge in [0.1, 0.15) is 0 Å². The summed E-state index contributed by atoms with van der Waals surface area (Å²) in [6.07, 6.45) is 2.30. The van der Waals surface area contributed by atoms with Crippen molar-refractivity contribution in [2.45, 2.75) is 52.6 Å². The maximum Gasteiger partial charge on any atom is 0.317 e. The van der Waals surface area contributed by atoms with Gasteiger partial charge in [0.25, 0.3) is 0 Å². The second-order valence-electron chi connectivity index (χ2n) is 4.75. The highest BCUT2D eigenvalue weighted by Gasteiger charge is 2.30. The number of likely N-dealkylation sites (tertiary alicyclic amines) is 1. The van der Waals surface area contributed by atoms with Crippen LogP contribution in [0.3, 0.4) is 0 Å². The fourth-order valence-electron chi connectivity index (χ4n) is 2.07. The zero-order valence-electron chi connectivity index (χ0n) is 9.71. The average molecular weight is 198 g/mol. The van der Waals surface area contributed by atoms with Crippen LogP contribution < -0.4 is 5.32 Å². The van der Waals surface area contributed by atoms with Gasteiger partial charge >= 0.3 is 6.03 Å². The molecule has 1 fully saturated rings. The fraction of sp³-hybridized carbons (Fsp3) is 0.909. The summed E-state index contributed by atoms with van der Waals surface area (Å²) < 4.78 is 0. The van der Waals surface area contributed by atoms with Crippen molar-refractivity contribution in [3.8, 4) is 0 Å². The van der Waals surface area contributed by atoms with Crippen molar-refractivity contribution in [3.63, 3.8) is 0 Å². The summed E-state index contributed by atoms with van der Waals surface area (Å²) in [6.45, 7) is 9.29. The summed E-state index contributed by atoms with van der Waals surface area (Å²) in [5, 5.41) is 2.96. The Morgan fingerprint density at radius 3 is 2.50 bits per heavy atom. The molecular weight excluding hydrogens is 176 g/mol. The number of amides is 2. The highest BCUT2D eigenvalue weighted by Crippen LogP contribution is 2.23. The third kappa shape index (κ3) is 2.63. The minimum absolute atomic E-state index is 0.108. The predicted octanol–water partition coefficient (Wildman–Crippen LogP) is 2.22. The van der Waals surface area contributed by atoms with E-state index in [2.05, 4.69) is 19.2 Å². The lowest BCUT2D eigenvalue weighted by Crippen LogP contribution is -2.46. The molecule has 0 unspecified atom stereocenters. The number of nitrogens with zero attached hydrogens (tertiary/aromatic N) is 1. The van der Waals surface area contributed by atoms with Gasteiger partial charge in [0.2, 0.25) is 0 Å². The van der Waals surface area contributed by atoms with E-state index in [1.165, 1.54) is 0 Å². The summed E-state index contributed by atoms with van der Waals surface area (Å²) in [5.74, 6) is 0.565. The van der Waals surface area contributed by atoms with Gasteiger partial charge < -0.3 is 10.2 Å². The summed E-state index contributed by atoms with van der Waals surface area (Å²) in [4.78, 5) is 13.8. The molecule has 0 spiro atoms. The van der Waals surface area contributed by atoms with Crippen LogP contribution in [0.4, 0.5) is 4.79 Å². The van der Waals surface area contributed by atoms with E-state index in [4.69, 9.17) is 0 Å². The van der Waals surface area contributed by atoms with Gasteiger partial charge in [-0.2, -0.15) is 0 Å². The van der Waals surface area contributed by atoms with E-state index < -0.39 is 0 Å². The molecule has 1 heterocycles. The Hall–Kier alpha value is -0.730. The molecule has 82 valence electrons. The zero-order chi connectivity index (χ0) is 10.7. The zero-order valence-corrected chi connectivity index (χ0v) is 9.71. The lowest BCUT2D eigenvalue weighted by molar-refractivity contribution is 0.176. The summed E-state index contributed by atoms with van der Waals surface area (Å²) in [5.41, 5.74) is 0. The van der Waals surface area contributed by atoms with Crippen molar-refractivity contribution in [2.24, 2.45) is 5.92 Å². The SMILES string of the molecule is CC(C)NC(=O)N1CCC[C@@H]1C(C)C. The van der Waals surface area contributed by atoms with Gasteiger partial charge in [-0.25, -0.2) is 4.79 Å². The van der Waals surface area contributed by atoms with Crippen molar-refractivity contribution in [3.05, 3.63) is 0 Å². The van der Waals surface area contributed by atoms with Crippen LogP contribution in [0.15, 0.2) is 0 Å². The molecule has 0 aromatic rings. The van der Waals surface area contributed by atoms with Crippen LogP contribution in [0.5, 0.6) is 0 Å².